The second kappa shape index (κ2) is 14.7. The van der Waals surface area contributed by atoms with Gasteiger partial charge in [0.15, 0.2) is 5.96 Å². The Labute approximate surface area is 226 Å². The lowest BCUT2D eigenvalue weighted by atomic mass is 9.99. The first-order chi connectivity index (χ1) is 18.9. The summed E-state index contributed by atoms with van der Waals surface area (Å²) in [5.41, 5.74) is 14.0. The number of carboxylic acids is 1. The maximum atomic E-state index is 12.5. The zero-order valence-corrected chi connectivity index (χ0v) is 20.9. The molecule has 210 valence electrons. The zero-order chi connectivity index (χ0) is 29.7. The van der Waals surface area contributed by atoms with Crippen LogP contribution in [0, 0.1) is 0 Å². The molecule has 1 unspecified atom stereocenters. The number of hydrogen-bond donors (Lipinski definition) is 5. The predicted octanol–water partition coefficient (Wildman–Crippen LogP) is 3.07. The van der Waals surface area contributed by atoms with Crippen LogP contribution in [0.3, 0.4) is 0 Å². The average molecular weight is 558 g/mol. The fourth-order valence-electron chi connectivity index (χ4n) is 3.34. The molecule has 0 aliphatic heterocycles. The molecule has 0 fully saturated rings. The third kappa shape index (κ3) is 11.0. The lowest BCUT2D eigenvalue weighted by Crippen LogP contribution is -2.39. The Morgan fingerprint density at radius 3 is 2.08 bits per heavy atom. The third-order valence-corrected chi connectivity index (χ3v) is 5.04. The van der Waals surface area contributed by atoms with Gasteiger partial charge in [-0.1, -0.05) is 60.7 Å². The summed E-state index contributed by atoms with van der Waals surface area (Å²) >= 11 is 0. The minimum Gasteiger partial charge on any atom is -0.481 e. The maximum Gasteiger partial charge on any atom is 0.446 e. The number of nitrogens with one attached hydrogen (secondary N) is 2. The van der Waals surface area contributed by atoms with Crippen molar-refractivity contribution in [1.82, 2.24) is 10.6 Å². The third-order valence-electron chi connectivity index (χ3n) is 5.04. The van der Waals surface area contributed by atoms with Crippen molar-refractivity contribution in [3.8, 4) is 11.1 Å². The molecule has 13 heteroatoms. The lowest BCUT2D eigenvalue weighted by molar-refractivity contribution is -0.156. The number of amides is 2. The molecule has 0 bridgehead atoms. The summed E-state index contributed by atoms with van der Waals surface area (Å²) in [5, 5.41) is 14.5. The van der Waals surface area contributed by atoms with E-state index in [1.54, 1.807) is 30.3 Å². The van der Waals surface area contributed by atoms with E-state index in [0.29, 0.717) is 11.3 Å². The molecule has 2 amide bonds. The highest BCUT2D eigenvalue weighted by Crippen LogP contribution is 2.23. The molecule has 3 rings (SSSR count). The van der Waals surface area contributed by atoms with Crippen LogP contribution in [0.1, 0.15) is 28.4 Å². The summed E-state index contributed by atoms with van der Waals surface area (Å²) in [6.07, 6.45) is -6.00. The Hall–Kier alpha value is -5.20. The highest BCUT2D eigenvalue weighted by atomic mass is 19.4. The molecule has 40 heavy (non-hydrogen) atoms. The number of carbonyl (C=O) groups is 4. The molecule has 3 aromatic carbocycles. The Balaban J connectivity index is 0.000000840. The van der Waals surface area contributed by atoms with Gasteiger partial charge in [-0.15, -0.1) is 0 Å². The summed E-state index contributed by atoms with van der Waals surface area (Å²) in [4.78, 5) is 48.8. The smallest absolute Gasteiger partial charge is 0.446 e. The Kier molecular flexibility index (Phi) is 11.4. The zero-order valence-electron chi connectivity index (χ0n) is 20.9. The molecule has 7 N–H and O–H groups in total. The van der Waals surface area contributed by atoms with Gasteiger partial charge in [-0.2, -0.15) is 13.2 Å². The SMILES string of the molecule is NC(N)=Nc1cccc(C(=O)NCC(=O)NC(CC(=O)O)c2ccc(-c3ccccc3)cc2)c1.O=CC(F)(F)F. The number of halogens is 3. The quantitative estimate of drug-likeness (QED) is 0.152. The van der Waals surface area contributed by atoms with Crippen LogP contribution >= 0.6 is 0 Å². The topological polar surface area (TPSA) is 177 Å². The van der Waals surface area contributed by atoms with Crippen molar-refractivity contribution in [3.63, 3.8) is 0 Å². The molecule has 0 aromatic heterocycles. The molecule has 0 radical (unpaired) electrons. The van der Waals surface area contributed by atoms with Gasteiger partial charge < -0.3 is 27.2 Å². The number of benzene rings is 3. The molecule has 0 saturated carbocycles. The predicted molar refractivity (Wildman–Crippen MR) is 141 cm³/mol. The Morgan fingerprint density at radius 2 is 1.52 bits per heavy atom. The number of nitrogens with zero attached hydrogens (tertiary/aromatic N) is 1. The summed E-state index contributed by atoms with van der Waals surface area (Å²) in [5.74, 6) is -2.21. The number of rotatable bonds is 9. The van der Waals surface area contributed by atoms with Crippen LogP contribution < -0.4 is 22.1 Å². The molecule has 0 heterocycles. The lowest BCUT2D eigenvalue weighted by Gasteiger charge is -2.18. The first kappa shape index (κ1) is 31.0. The molecule has 0 aliphatic carbocycles. The number of aliphatic carboxylic acids is 1. The largest absolute Gasteiger partial charge is 0.481 e. The van der Waals surface area contributed by atoms with E-state index in [4.69, 9.17) is 16.3 Å². The van der Waals surface area contributed by atoms with E-state index in [2.05, 4.69) is 15.6 Å². The van der Waals surface area contributed by atoms with Crippen LogP contribution in [0.2, 0.25) is 0 Å². The van der Waals surface area contributed by atoms with Crippen LogP contribution in [-0.4, -0.2) is 47.9 Å². The Morgan fingerprint density at radius 1 is 0.925 bits per heavy atom. The Bertz CT molecular complexity index is 1340. The van der Waals surface area contributed by atoms with Gasteiger partial charge in [0.05, 0.1) is 24.7 Å². The normalized spacial score (nSPS) is 11.2. The first-order valence-electron chi connectivity index (χ1n) is 11.6. The maximum absolute atomic E-state index is 12.5. The van der Waals surface area contributed by atoms with Crippen molar-refractivity contribution in [2.24, 2.45) is 16.5 Å². The number of nitrogens with two attached hydrogens (primary N) is 2. The number of alkyl halides is 3. The standard InChI is InChI=1S/C25H25N5O4.C2HF3O/c26-25(27)29-20-8-4-7-19(13-20)24(34)28-15-22(31)30-21(14-23(32)33)18-11-9-17(10-12-18)16-5-2-1-3-6-16;3-2(4,5)1-6/h1-13,21H,14-15H2,(H,28,34)(H,30,31)(H,32,33)(H4,26,27,29);1H. The van der Waals surface area contributed by atoms with Crippen LogP contribution in [0.25, 0.3) is 11.1 Å². The summed E-state index contributed by atoms with van der Waals surface area (Å²) in [6, 6.07) is 22.6. The molecule has 0 spiro atoms. The molecule has 0 saturated heterocycles. The summed E-state index contributed by atoms with van der Waals surface area (Å²) in [7, 11) is 0. The van der Waals surface area contributed by atoms with E-state index in [1.165, 1.54) is 6.07 Å². The van der Waals surface area contributed by atoms with Crippen molar-refractivity contribution in [3.05, 3.63) is 90.0 Å². The van der Waals surface area contributed by atoms with E-state index in [1.807, 2.05) is 42.5 Å². The van der Waals surface area contributed by atoms with Gasteiger partial charge in [-0.3, -0.25) is 19.2 Å². The molecule has 0 aliphatic rings. The van der Waals surface area contributed by atoms with Crippen LogP contribution in [0.15, 0.2) is 83.9 Å². The monoisotopic (exact) mass is 557 g/mol. The number of aliphatic imine (C=N–C) groups is 1. The molecule has 3 aromatic rings. The van der Waals surface area contributed by atoms with Gasteiger partial charge in [0, 0.05) is 5.56 Å². The second-order valence-electron chi connectivity index (χ2n) is 8.14. The van der Waals surface area contributed by atoms with Crippen LogP contribution in [-0.2, 0) is 14.4 Å². The van der Waals surface area contributed by atoms with E-state index < -0.39 is 36.3 Å². The molecule has 1 atom stereocenters. The fraction of sp³-hybridized carbons (Fsp3) is 0.148. The van der Waals surface area contributed by atoms with Gasteiger partial charge in [0.1, 0.15) is 0 Å². The number of carboxylic acid groups (broad SMARTS) is 1. The average Bonchev–Trinajstić information content (AvgIpc) is 2.91. The summed E-state index contributed by atoms with van der Waals surface area (Å²) in [6.45, 7) is -0.330. The van der Waals surface area contributed by atoms with Gasteiger partial charge >= 0.3 is 12.1 Å². The highest BCUT2D eigenvalue weighted by Gasteiger charge is 2.25. The van der Waals surface area contributed by atoms with E-state index in [9.17, 15) is 32.7 Å². The van der Waals surface area contributed by atoms with Crippen molar-refractivity contribution < 1.29 is 37.5 Å². The molecular weight excluding hydrogens is 531 g/mol. The fourth-order valence-corrected chi connectivity index (χ4v) is 3.34. The first-order valence-corrected chi connectivity index (χ1v) is 11.6. The van der Waals surface area contributed by atoms with E-state index in [-0.39, 0.29) is 24.5 Å². The van der Waals surface area contributed by atoms with E-state index in [0.717, 1.165) is 11.1 Å². The molecular formula is C27H26F3N5O5. The number of carbonyl (C=O) groups excluding carboxylic acids is 3. The second-order valence-corrected chi connectivity index (χ2v) is 8.14. The molecule has 10 nitrogen and oxygen atoms in total. The number of aldehydes is 1. The summed E-state index contributed by atoms with van der Waals surface area (Å²) < 4.78 is 31.2. The number of guanidine groups is 1. The minimum absolute atomic E-state index is 0.141. The number of hydrogen-bond acceptors (Lipinski definition) is 5. The van der Waals surface area contributed by atoms with Crippen molar-refractivity contribution in [2.75, 3.05) is 6.54 Å². The van der Waals surface area contributed by atoms with Gasteiger partial charge in [-0.25, -0.2) is 4.99 Å². The van der Waals surface area contributed by atoms with Gasteiger partial charge in [0.2, 0.25) is 12.2 Å². The van der Waals surface area contributed by atoms with Gasteiger partial charge in [-0.05, 0) is 34.9 Å². The van der Waals surface area contributed by atoms with Crippen LogP contribution in [0.5, 0.6) is 0 Å². The van der Waals surface area contributed by atoms with Crippen molar-refractivity contribution >= 4 is 35.7 Å². The highest BCUT2D eigenvalue weighted by molar-refractivity contribution is 5.97. The van der Waals surface area contributed by atoms with Gasteiger partial charge in [0.25, 0.3) is 5.91 Å². The van der Waals surface area contributed by atoms with Crippen molar-refractivity contribution in [1.29, 1.82) is 0 Å². The van der Waals surface area contributed by atoms with Crippen molar-refractivity contribution in [2.45, 2.75) is 18.6 Å². The minimum atomic E-state index is -4.64. The van der Waals surface area contributed by atoms with Crippen LogP contribution in [0.4, 0.5) is 18.9 Å². The van der Waals surface area contributed by atoms with E-state index >= 15 is 0 Å².